The molecule has 19 heavy (non-hydrogen) atoms. The average Bonchev–Trinajstić information content (AvgIpc) is 2.88. The third kappa shape index (κ3) is 3.78. The number of urea groups is 1. The van der Waals surface area contributed by atoms with E-state index in [1.807, 2.05) is 13.8 Å². The van der Waals surface area contributed by atoms with Crippen LogP contribution in [0.5, 0.6) is 0 Å². The van der Waals surface area contributed by atoms with Gasteiger partial charge < -0.3 is 15.3 Å². The van der Waals surface area contributed by atoms with Gasteiger partial charge in [0.2, 0.25) is 0 Å². The first kappa shape index (κ1) is 16.1. The van der Waals surface area contributed by atoms with Gasteiger partial charge in [-0.15, -0.1) is 0 Å². The van der Waals surface area contributed by atoms with Crippen LogP contribution in [0.25, 0.3) is 0 Å². The Labute approximate surface area is 119 Å². The fraction of sp³-hybridized carbons (Fsp3) is 0.846. The Balaban J connectivity index is 2.51. The largest absolute Gasteiger partial charge is 0.481 e. The van der Waals surface area contributed by atoms with E-state index < -0.39 is 11.4 Å². The molecular weight excluding hydrogens is 264 g/mol. The monoisotopic (exact) mass is 288 g/mol. The van der Waals surface area contributed by atoms with E-state index >= 15 is 0 Å². The van der Waals surface area contributed by atoms with E-state index in [4.69, 9.17) is 0 Å². The minimum Gasteiger partial charge on any atom is -0.481 e. The first-order valence-corrected chi connectivity index (χ1v) is 8.06. The van der Waals surface area contributed by atoms with Crippen molar-refractivity contribution in [2.45, 2.75) is 38.4 Å². The number of amides is 2. The smallest absolute Gasteiger partial charge is 0.317 e. The van der Waals surface area contributed by atoms with Gasteiger partial charge in [-0.25, -0.2) is 4.79 Å². The number of hydrogen-bond donors (Lipinski definition) is 2. The fourth-order valence-electron chi connectivity index (χ4n) is 2.34. The molecule has 1 rings (SSSR count). The van der Waals surface area contributed by atoms with Crippen LogP contribution < -0.4 is 5.32 Å². The number of nitrogens with zero attached hydrogens (tertiary/aromatic N) is 1. The normalized spacial score (nSPS) is 19.5. The zero-order valence-electron chi connectivity index (χ0n) is 11.9. The predicted molar refractivity (Wildman–Crippen MR) is 77.5 cm³/mol. The summed E-state index contributed by atoms with van der Waals surface area (Å²) in [7, 11) is 0. The molecule has 0 radical (unpaired) electrons. The molecule has 0 aromatic carbocycles. The van der Waals surface area contributed by atoms with Crippen LogP contribution in [-0.4, -0.2) is 53.1 Å². The molecule has 110 valence electrons. The van der Waals surface area contributed by atoms with E-state index in [1.54, 1.807) is 16.7 Å². The van der Waals surface area contributed by atoms with Crippen LogP contribution in [0.3, 0.4) is 0 Å². The molecular formula is C13H24N2O3S. The van der Waals surface area contributed by atoms with Crippen LogP contribution in [0.1, 0.15) is 33.1 Å². The van der Waals surface area contributed by atoms with Gasteiger partial charge in [-0.1, -0.05) is 13.8 Å². The number of carbonyl (C=O) groups is 2. The summed E-state index contributed by atoms with van der Waals surface area (Å²) < 4.78 is 0. The van der Waals surface area contributed by atoms with Crippen molar-refractivity contribution < 1.29 is 14.7 Å². The third-order valence-corrected chi connectivity index (χ3v) is 5.20. The molecule has 0 bridgehead atoms. The molecule has 1 heterocycles. The highest BCUT2D eigenvalue weighted by Gasteiger charge is 2.36. The average molecular weight is 288 g/mol. The molecule has 0 saturated carbocycles. The second kappa shape index (κ2) is 7.03. The standard InChI is InChI=1S/C13H24N2O3S/c1-4-13(5-2,11(16)17)9-14-12(18)15-7-6-10(8-15)19-3/h10H,4-9H2,1-3H3,(H,14,18)(H,16,17). The Hall–Kier alpha value is -0.910. The van der Waals surface area contributed by atoms with E-state index in [0.29, 0.717) is 18.1 Å². The van der Waals surface area contributed by atoms with Crippen LogP contribution >= 0.6 is 11.8 Å². The Morgan fingerprint density at radius 2 is 2.05 bits per heavy atom. The lowest BCUT2D eigenvalue weighted by Gasteiger charge is -2.28. The number of aliphatic carboxylic acids is 1. The van der Waals surface area contributed by atoms with Crippen molar-refractivity contribution in [3.05, 3.63) is 0 Å². The molecule has 2 amide bonds. The highest BCUT2D eigenvalue weighted by atomic mass is 32.2. The van der Waals surface area contributed by atoms with Crippen molar-refractivity contribution in [1.82, 2.24) is 10.2 Å². The first-order valence-electron chi connectivity index (χ1n) is 6.78. The number of carboxylic acid groups (broad SMARTS) is 1. The van der Waals surface area contributed by atoms with Crippen molar-refractivity contribution in [1.29, 1.82) is 0 Å². The van der Waals surface area contributed by atoms with Gasteiger partial charge in [0.05, 0.1) is 5.41 Å². The van der Waals surface area contributed by atoms with Gasteiger partial charge in [0.1, 0.15) is 0 Å². The second-order valence-electron chi connectivity index (χ2n) is 5.04. The van der Waals surface area contributed by atoms with E-state index in [1.165, 1.54) is 0 Å². The van der Waals surface area contributed by atoms with Crippen molar-refractivity contribution in [3.63, 3.8) is 0 Å². The fourth-order valence-corrected chi connectivity index (χ4v) is 3.01. The molecule has 1 aliphatic heterocycles. The summed E-state index contributed by atoms with van der Waals surface area (Å²) in [4.78, 5) is 25.1. The van der Waals surface area contributed by atoms with Gasteiger partial charge in [-0.05, 0) is 25.5 Å². The van der Waals surface area contributed by atoms with Gasteiger partial charge in [-0.2, -0.15) is 11.8 Å². The number of carboxylic acids is 1. The van der Waals surface area contributed by atoms with E-state index in [2.05, 4.69) is 11.6 Å². The Morgan fingerprint density at radius 3 is 2.47 bits per heavy atom. The molecule has 1 atom stereocenters. The van der Waals surface area contributed by atoms with E-state index in [-0.39, 0.29) is 12.6 Å². The molecule has 0 aliphatic carbocycles. The summed E-state index contributed by atoms with van der Waals surface area (Å²) in [6.45, 7) is 5.42. The summed E-state index contributed by atoms with van der Waals surface area (Å²) in [5.74, 6) is -0.832. The summed E-state index contributed by atoms with van der Waals surface area (Å²) in [5.41, 5.74) is -0.839. The summed E-state index contributed by atoms with van der Waals surface area (Å²) in [6.07, 6.45) is 4.11. The summed E-state index contributed by atoms with van der Waals surface area (Å²) >= 11 is 1.78. The Bertz CT molecular complexity index is 332. The lowest BCUT2D eigenvalue weighted by molar-refractivity contribution is -0.149. The topological polar surface area (TPSA) is 69.6 Å². The third-order valence-electron chi connectivity index (χ3n) is 4.15. The number of carbonyl (C=O) groups excluding carboxylic acids is 1. The summed E-state index contributed by atoms with van der Waals surface area (Å²) in [6, 6.07) is -0.135. The molecule has 1 unspecified atom stereocenters. The second-order valence-corrected chi connectivity index (χ2v) is 6.18. The SMILES string of the molecule is CCC(CC)(CNC(=O)N1CCC(SC)C1)C(=O)O. The van der Waals surface area contributed by atoms with E-state index in [9.17, 15) is 14.7 Å². The molecule has 0 aromatic heterocycles. The van der Waals surface area contributed by atoms with Crippen LogP contribution in [-0.2, 0) is 4.79 Å². The van der Waals surface area contributed by atoms with Gasteiger partial charge in [-0.3, -0.25) is 4.79 Å². The molecule has 1 fully saturated rings. The minimum absolute atomic E-state index is 0.135. The first-order chi connectivity index (χ1) is 8.99. The quantitative estimate of drug-likeness (QED) is 0.784. The predicted octanol–water partition coefficient (Wildman–Crippen LogP) is 2.02. The zero-order valence-corrected chi connectivity index (χ0v) is 12.8. The number of hydrogen-bond acceptors (Lipinski definition) is 3. The van der Waals surface area contributed by atoms with Crippen molar-refractivity contribution >= 4 is 23.8 Å². The number of likely N-dealkylation sites (tertiary alicyclic amines) is 1. The van der Waals surface area contributed by atoms with Crippen LogP contribution in [0.2, 0.25) is 0 Å². The van der Waals surface area contributed by atoms with E-state index in [0.717, 1.165) is 19.5 Å². The maximum atomic E-state index is 12.0. The Morgan fingerprint density at radius 1 is 1.42 bits per heavy atom. The number of rotatable bonds is 6. The highest BCUT2D eigenvalue weighted by Crippen LogP contribution is 2.26. The lowest BCUT2D eigenvalue weighted by Crippen LogP contribution is -2.46. The van der Waals surface area contributed by atoms with Crippen molar-refractivity contribution in [2.24, 2.45) is 5.41 Å². The van der Waals surface area contributed by atoms with Crippen molar-refractivity contribution in [2.75, 3.05) is 25.9 Å². The number of nitrogens with one attached hydrogen (secondary N) is 1. The maximum absolute atomic E-state index is 12.0. The number of thioether (sulfide) groups is 1. The molecule has 5 nitrogen and oxygen atoms in total. The van der Waals surface area contributed by atoms with Crippen molar-refractivity contribution in [3.8, 4) is 0 Å². The van der Waals surface area contributed by atoms with Crippen LogP contribution in [0, 0.1) is 5.41 Å². The van der Waals surface area contributed by atoms with Crippen LogP contribution in [0.4, 0.5) is 4.79 Å². The van der Waals surface area contributed by atoms with Crippen LogP contribution in [0.15, 0.2) is 0 Å². The molecule has 2 N–H and O–H groups in total. The molecule has 0 spiro atoms. The minimum atomic E-state index is -0.839. The molecule has 0 aromatic rings. The van der Waals surface area contributed by atoms with Gasteiger partial charge in [0, 0.05) is 24.9 Å². The zero-order chi connectivity index (χ0) is 14.5. The lowest BCUT2D eigenvalue weighted by atomic mass is 9.82. The highest BCUT2D eigenvalue weighted by molar-refractivity contribution is 7.99. The molecule has 6 heteroatoms. The maximum Gasteiger partial charge on any atom is 0.317 e. The molecule has 1 aliphatic rings. The van der Waals surface area contributed by atoms with Gasteiger partial charge in [0.15, 0.2) is 0 Å². The Kier molecular flexibility index (Phi) is 5.97. The van der Waals surface area contributed by atoms with Gasteiger partial charge >= 0.3 is 12.0 Å². The molecule has 1 saturated heterocycles. The van der Waals surface area contributed by atoms with Gasteiger partial charge in [0.25, 0.3) is 0 Å². The summed E-state index contributed by atoms with van der Waals surface area (Å²) in [5, 5.41) is 12.6.